The summed E-state index contributed by atoms with van der Waals surface area (Å²) in [6, 6.07) is 8.00. The number of benzene rings is 1. The lowest BCUT2D eigenvalue weighted by molar-refractivity contribution is -0.256. The largest absolute Gasteiger partial charge is 0.497 e. The Morgan fingerprint density at radius 2 is 1.46 bits per heavy atom. The van der Waals surface area contributed by atoms with Crippen molar-refractivity contribution in [1.29, 1.82) is 0 Å². The van der Waals surface area contributed by atoms with E-state index < -0.39 is 22.9 Å². The van der Waals surface area contributed by atoms with Gasteiger partial charge in [-0.3, -0.25) is 0 Å². The first-order valence-corrected chi connectivity index (χ1v) is 24.8. The lowest BCUT2D eigenvalue weighted by Crippen LogP contribution is -2.51. The second kappa shape index (κ2) is 18.8. The average Bonchev–Trinajstić information content (AvgIpc) is 3.01. The molecule has 0 saturated carbocycles. The highest BCUT2D eigenvalue weighted by Crippen LogP contribution is 2.43. The Labute approximate surface area is 309 Å². The summed E-state index contributed by atoms with van der Waals surface area (Å²) in [4.78, 5) is 0. The zero-order valence-corrected chi connectivity index (χ0v) is 37.3. The molecule has 1 saturated heterocycles. The first-order chi connectivity index (χ1) is 23.0. The quantitative estimate of drug-likeness (QED) is 0.0844. The zero-order chi connectivity index (χ0) is 38.2. The number of hydrogen-bond donors (Lipinski definition) is 0. The van der Waals surface area contributed by atoms with E-state index >= 15 is 0 Å². The van der Waals surface area contributed by atoms with Gasteiger partial charge in [-0.15, -0.1) is 0 Å². The molecule has 9 heteroatoms. The molecule has 0 radical (unpaired) electrons. The third-order valence-corrected chi connectivity index (χ3v) is 20.7. The Kier molecular flexibility index (Phi) is 17.0. The van der Waals surface area contributed by atoms with Gasteiger partial charge < -0.3 is 32.5 Å². The molecule has 0 unspecified atom stereocenters. The summed E-state index contributed by atoms with van der Waals surface area (Å²) in [5.74, 6) is 1.91. The molecule has 1 aromatic carbocycles. The fourth-order valence-electron chi connectivity index (χ4n) is 6.54. The van der Waals surface area contributed by atoms with Crippen LogP contribution in [-0.2, 0) is 27.8 Å². The second-order valence-corrected chi connectivity index (χ2v) is 27.9. The summed E-state index contributed by atoms with van der Waals surface area (Å²) >= 11 is 0. The molecule has 1 heterocycles. The van der Waals surface area contributed by atoms with E-state index in [2.05, 4.69) is 115 Å². The van der Waals surface area contributed by atoms with Crippen LogP contribution in [0.15, 0.2) is 35.9 Å². The topological polar surface area (TPSA) is 64.6 Å². The van der Waals surface area contributed by atoms with Crippen molar-refractivity contribution in [3.63, 3.8) is 0 Å². The van der Waals surface area contributed by atoms with Crippen LogP contribution in [0.25, 0.3) is 0 Å². The molecular formula is C41H76O7Si2. The molecule has 2 rings (SSSR count). The van der Waals surface area contributed by atoms with E-state index in [1.54, 1.807) is 14.2 Å². The van der Waals surface area contributed by atoms with Gasteiger partial charge in [0, 0.05) is 43.0 Å². The summed E-state index contributed by atoms with van der Waals surface area (Å²) in [7, 11) is -0.606. The molecule has 0 aromatic heterocycles. The van der Waals surface area contributed by atoms with Crippen LogP contribution >= 0.6 is 0 Å². The Morgan fingerprint density at radius 1 is 0.880 bits per heavy atom. The molecule has 9 atom stereocenters. The van der Waals surface area contributed by atoms with E-state index in [0.29, 0.717) is 13.2 Å². The number of hydrogen-bond acceptors (Lipinski definition) is 7. The summed E-state index contributed by atoms with van der Waals surface area (Å²) in [5, 5.41) is 0.254. The zero-order valence-electron chi connectivity index (χ0n) is 35.3. The summed E-state index contributed by atoms with van der Waals surface area (Å²) in [6.45, 7) is 38.5. The van der Waals surface area contributed by atoms with Gasteiger partial charge in [-0.1, -0.05) is 99.9 Å². The smallest absolute Gasteiger partial charge is 0.192 e. The maximum atomic E-state index is 7.36. The highest BCUT2D eigenvalue weighted by molar-refractivity contribution is 6.74. The minimum atomic E-state index is -2.10. The summed E-state index contributed by atoms with van der Waals surface area (Å²) in [6.07, 6.45) is 2.91. The van der Waals surface area contributed by atoms with Crippen molar-refractivity contribution in [2.75, 3.05) is 34.2 Å². The lowest BCUT2D eigenvalue weighted by Gasteiger charge is -2.47. The van der Waals surface area contributed by atoms with Crippen molar-refractivity contribution < 1.29 is 32.5 Å². The van der Waals surface area contributed by atoms with Crippen LogP contribution in [0.3, 0.4) is 0 Å². The normalized spacial score (nSPS) is 23.6. The molecule has 50 heavy (non-hydrogen) atoms. The van der Waals surface area contributed by atoms with Crippen molar-refractivity contribution in [2.45, 2.75) is 150 Å². The molecule has 1 aromatic rings. The van der Waals surface area contributed by atoms with Gasteiger partial charge in [-0.05, 0) is 67.7 Å². The number of allylic oxidation sites excluding steroid dienone is 1. The third-order valence-electron chi connectivity index (χ3n) is 11.7. The first kappa shape index (κ1) is 45.1. The van der Waals surface area contributed by atoms with Gasteiger partial charge in [-0.25, -0.2) is 0 Å². The Morgan fingerprint density at radius 3 is 1.98 bits per heavy atom. The van der Waals surface area contributed by atoms with E-state index in [1.165, 1.54) is 5.57 Å². The number of ether oxygens (including phenoxy) is 5. The van der Waals surface area contributed by atoms with Crippen molar-refractivity contribution >= 4 is 16.6 Å². The van der Waals surface area contributed by atoms with E-state index in [-0.39, 0.29) is 64.8 Å². The third kappa shape index (κ3) is 12.5. The monoisotopic (exact) mass is 737 g/mol. The summed E-state index contributed by atoms with van der Waals surface area (Å²) in [5.41, 5.74) is 2.35. The molecule has 0 amide bonds. The molecular weight excluding hydrogens is 661 g/mol. The molecule has 1 fully saturated rings. The van der Waals surface area contributed by atoms with E-state index in [1.807, 2.05) is 24.3 Å². The highest BCUT2D eigenvalue weighted by atomic mass is 28.4. The van der Waals surface area contributed by atoms with Crippen molar-refractivity contribution in [2.24, 2.45) is 29.6 Å². The Hall–Kier alpha value is -1.05. The van der Waals surface area contributed by atoms with Crippen molar-refractivity contribution in [3.8, 4) is 5.75 Å². The average molecular weight is 737 g/mol. The number of methoxy groups -OCH3 is 2. The fraction of sp³-hybridized carbons (Fsp3) is 0.805. The van der Waals surface area contributed by atoms with Gasteiger partial charge in [0.15, 0.2) is 22.9 Å². The maximum absolute atomic E-state index is 7.36. The molecule has 7 nitrogen and oxygen atoms in total. The molecule has 0 N–H and O–H groups in total. The van der Waals surface area contributed by atoms with Crippen LogP contribution in [0.2, 0.25) is 36.3 Å². The maximum Gasteiger partial charge on any atom is 0.192 e. The van der Waals surface area contributed by atoms with Crippen LogP contribution in [0.5, 0.6) is 5.75 Å². The predicted octanol–water partition coefficient (Wildman–Crippen LogP) is 11.0. The molecule has 1 aliphatic rings. The standard InChI is InChI=1S/C41H76O7Si2/c1-28(23-29(2)36(45-27-42-13)32(5)26-46-49(15,16)40(7,8)9)24-30(3)38(48-50(17,18)41(10,11)12)33(6)37-31(4)25-44-39(47-37)34-19-21-35(43-14)22-20-34/h19-23,29-33,36-39H,24-27H2,1-18H3/b28-23-/t29-,30-,31-,32-,33+,36+,37-,38+,39-/m0/s1. The first-order valence-electron chi connectivity index (χ1n) is 19.0. The SMILES string of the molecule is COCO[C@H]([C@@H](C)/C=C(/C)C[C@H](C)[C@@H](O[Si](C)(C)C(C)(C)C)[C@H](C)[C@H]1O[C@@H](c2ccc(OC)cc2)OC[C@@H]1C)[C@@H](C)CO[Si](C)(C)C(C)(C)C. The molecule has 1 aliphatic heterocycles. The van der Waals surface area contributed by atoms with Gasteiger partial charge in [-0.2, -0.15) is 0 Å². The molecule has 290 valence electrons. The van der Waals surface area contributed by atoms with Crippen molar-refractivity contribution in [1.82, 2.24) is 0 Å². The molecule has 0 bridgehead atoms. The van der Waals surface area contributed by atoms with Gasteiger partial charge >= 0.3 is 0 Å². The van der Waals surface area contributed by atoms with Crippen LogP contribution in [-0.4, -0.2) is 69.2 Å². The highest BCUT2D eigenvalue weighted by Gasteiger charge is 2.45. The van der Waals surface area contributed by atoms with Gasteiger partial charge in [0.05, 0.1) is 32.0 Å². The van der Waals surface area contributed by atoms with E-state index in [9.17, 15) is 0 Å². The van der Waals surface area contributed by atoms with Gasteiger partial charge in [0.1, 0.15) is 12.5 Å². The van der Waals surface area contributed by atoms with E-state index in [4.69, 9.17) is 32.5 Å². The predicted molar refractivity (Wildman–Crippen MR) is 213 cm³/mol. The van der Waals surface area contributed by atoms with Gasteiger partial charge in [0.25, 0.3) is 0 Å². The van der Waals surface area contributed by atoms with Gasteiger partial charge in [0.2, 0.25) is 0 Å². The van der Waals surface area contributed by atoms with Crippen LogP contribution in [0, 0.1) is 29.6 Å². The van der Waals surface area contributed by atoms with Crippen LogP contribution in [0.4, 0.5) is 0 Å². The lowest BCUT2D eigenvalue weighted by atomic mass is 9.81. The van der Waals surface area contributed by atoms with Crippen LogP contribution < -0.4 is 4.74 Å². The molecule has 0 spiro atoms. The fourth-order valence-corrected chi connectivity index (χ4v) is 9.13. The minimum absolute atomic E-state index is 0.00940. The minimum Gasteiger partial charge on any atom is -0.497 e. The summed E-state index contributed by atoms with van der Waals surface area (Å²) < 4.78 is 44.1. The number of rotatable bonds is 18. The van der Waals surface area contributed by atoms with Crippen LogP contribution in [0.1, 0.15) is 101 Å². The van der Waals surface area contributed by atoms with Crippen molar-refractivity contribution in [3.05, 3.63) is 41.5 Å². The van der Waals surface area contributed by atoms with E-state index in [0.717, 1.165) is 17.7 Å². The Bertz CT molecular complexity index is 1170. The Balaban J connectivity index is 2.32. The molecule has 0 aliphatic carbocycles. The second-order valence-electron chi connectivity index (χ2n) is 18.4.